The molecule has 0 bridgehead atoms. The summed E-state index contributed by atoms with van der Waals surface area (Å²) in [5.74, 6) is 0.264. The molecule has 4 heteroatoms. The van der Waals surface area contributed by atoms with Gasteiger partial charge >= 0.3 is 0 Å². The Kier molecular flexibility index (Phi) is 5.41. The number of aliphatic hydroxyl groups is 3. The topological polar surface area (TPSA) is 69.9 Å². The van der Waals surface area contributed by atoms with Crippen molar-refractivity contribution in [2.45, 2.75) is 19.4 Å². The van der Waals surface area contributed by atoms with Gasteiger partial charge < -0.3 is 20.1 Å². The minimum absolute atomic E-state index is 0.0127. The van der Waals surface area contributed by atoms with Crippen molar-refractivity contribution in [2.75, 3.05) is 26.4 Å². The number of ether oxygens (including phenoxy) is 1. The van der Waals surface area contributed by atoms with E-state index in [1.54, 1.807) is 0 Å². The van der Waals surface area contributed by atoms with Crippen molar-refractivity contribution in [3.8, 4) is 0 Å². The summed E-state index contributed by atoms with van der Waals surface area (Å²) in [6.07, 6.45) is 0.747. The van der Waals surface area contributed by atoms with Crippen molar-refractivity contribution < 1.29 is 20.1 Å². The zero-order chi connectivity index (χ0) is 12.1. The van der Waals surface area contributed by atoms with Crippen LogP contribution in [-0.2, 0) is 4.74 Å². The van der Waals surface area contributed by atoms with E-state index >= 15 is 0 Å². The quantitative estimate of drug-likeness (QED) is 0.569. The lowest BCUT2D eigenvalue weighted by atomic mass is 9.77. The van der Waals surface area contributed by atoms with Gasteiger partial charge in [-0.05, 0) is 23.8 Å². The van der Waals surface area contributed by atoms with Crippen molar-refractivity contribution in [3.63, 3.8) is 0 Å². The first-order valence-corrected chi connectivity index (χ1v) is 5.77. The maximum atomic E-state index is 9.34. The van der Waals surface area contributed by atoms with Gasteiger partial charge in [0.15, 0.2) is 0 Å². The number of rotatable bonds is 6. The highest BCUT2D eigenvalue weighted by Gasteiger charge is 2.36. The van der Waals surface area contributed by atoms with Gasteiger partial charge in [0.1, 0.15) is 0 Å². The number of hydrogen-bond acceptors (Lipinski definition) is 4. The first-order chi connectivity index (χ1) is 7.65. The van der Waals surface area contributed by atoms with Crippen LogP contribution in [0.3, 0.4) is 0 Å². The van der Waals surface area contributed by atoms with E-state index < -0.39 is 0 Å². The lowest BCUT2D eigenvalue weighted by Gasteiger charge is -2.30. The molecule has 0 aromatic rings. The summed E-state index contributed by atoms with van der Waals surface area (Å²) in [6, 6.07) is 0. The zero-order valence-electron chi connectivity index (χ0n) is 9.80. The third-order valence-corrected chi connectivity index (χ3v) is 3.67. The lowest BCUT2D eigenvalue weighted by molar-refractivity contribution is 0.0189. The van der Waals surface area contributed by atoms with E-state index in [0.717, 1.165) is 6.42 Å². The van der Waals surface area contributed by atoms with Crippen LogP contribution in [0.25, 0.3) is 0 Å². The molecule has 1 heterocycles. The first kappa shape index (κ1) is 13.6. The molecule has 0 saturated carbocycles. The maximum absolute atomic E-state index is 9.34. The summed E-state index contributed by atoms with van der Waals surface area (Å²) in [5.41, 5.74) is 0.651. The van der Waals surface area contributed by atoms with Gasteiger partial charge in [0, 0.05) is 19.1 Å². The van der Waals surface area contributed by atoms with Crippen LogP contribution in [0, 0.1) is 17.8 Å². The largest absolute Gasteiger partial charge is 0.396 e. The third-order valence-electron chi connectivity index (χ3n) is 3.67. The Labute approximate surface area is 96.6 Å². The van der Waals surface area contributed by atoms with Gasteiger partial charge in [-0.15, -0.1) is 0 Å². The Morgan fingerprint density at radius 3 is 2.62 bits per heavy atom. The van der Waals surface area contributed by atoms with E-state index in [-0.39, 0.29) is 43.7 Å². The summed E-state index contributed by atoms with van der Waals surface area (Å²) >= 11 is 0. The fourth-order valence-electron chi connectivity index (χ4n) is 2.54. The SMILES string of the molecule is C=C(CO)[C@H](CO)[C@H](C)[C@@H]1CCO[C@H]1CO. The van der Waals surface area contributed by atoms with E-state index in [2.05, 4.69) is 6.58 Å². The maximum Gasteiger partial charge on any atom is 0.0837 e. The molecule has 1 fully saturated rings. The minimum atomic E-state index is -0.143. The molecule has 16 heavy (non-hydrogen) atoms. The Balaban J connectivity index is 2.66. The van der Waals surface area contributed by atoms with Crippen molar-refractivity contribution in [3.05, 3.63) is 12.2 Å². The predicted molar refractivity (Wildman–Crippen MR) is 60.9 cm³/mol. The van der Waals surface area contributed by atoms with Gasteiger partial charge in [-0.3, -0.25) is 0 Å². The Bertz CT molecular complexity index is 229. The van der Waals surface area contributed by atoms with Gasteiger partial charge in [0.05, 0.1) is 19.3 Å². The van der Waals surface area contributed by atoms with Crippen molar-refractivity contribution in [1.29, 1.82) is 0 Å². The molecular formula is C12H22O4. The van der Waals surface area contributed by atoms with Gasteiger partial charge in [-0.1, -0.05) is 13.5 Å². The zero-order valence-corrected chi connectivity index (χ0v) is 9.80. The van der Waals surface area contributed by atoms with Crippen LogP contribution in [0.4, 0.5) is 0 Å². The fraction of sp³-hybridized carbons (Fsp3) is 0.833. The smallest absolute Gasteiger partial charge is 0.0837 e. The first-order valence-electron chi connectivity index (χ1n) is 5.77. The Morgan fingerprint density at radius 2 is 2.12 bits per heavy atom. The molecule has 0 amide bonds. The summed E-state index contributed by atoms with van der Waals surface area (Å²) in [7, 11) is 0. The van der Waals surface area contributed by atoms with E-state index in [0.29, 0.717) is 12.2 Å². The van der Waals surface area contributed by atoms with Crippen LogP contribution >= 0.6 is 0 Å². The highest BCUT2D eigenvalue weighted by Crippen LogP contribution is 2.34. The molecule has 4 atom stereocenters. The highest BCUT2D eigenvalue weighted by molar-refractivity contribution is 5.04. The normalized spacial score (nSPS) is 29.0. The van der Waals surface area contributed by atoms with E-state index in [9.17, 15) is 10.2 Å². The average molecular weight is 230 g/mol. The highest BCUT2D eigenvalue weighted by atomic mass is 16.5. The van der Waals surface area contributed by atoms with E-state index in [1.807, 2.05) is 6.92 Å². The average Bonchev–Trinajstić information content (AvgIpc) is 2.77. The van der Waals surface area contributed by atoms with Gasteiger partial charge in [0.2, 0.25) is 0 Å². The summed E-state index contributed by atoms with van der Waals surface area (Å²) in [4.78, 5) is 0. The number of aliphatic hydroxyl groups excluding tert-OH is 3. The number of hydrogen-bond donors (Lipinski definition) is 3. The summed E-state index contributed by atoms with van der Waals surface area (Å²) in [5, 5.41) is 27.6. The molecule has 3 N–H and O–H groups in total. The molecule has 0 aromatic carbocycles. The lowest BCUT2D eigenvalue weighted by Crippen LogP contribution is -2.32. The molecule has 1 rings (SSSR count). The van der Waals surface area contributed by atoms with Crippen LogP contribution < -0.4 is 0 Å². The van der Waals surface area contributed by atoms with Crippen molar-refractivity contribution in [2.24, 2.45) is 17.8 Å². The van der Waals surface area contributed by atoms with Crippen molar-refractivity contribution in [1.82, 2.24) is 0 Å². The van der Waals surface area contributed by atoms with E-state index in [4.69, 9.17) is 9.84 Å². The summed E-state index contributed by atoms with van der Waals surface area (Å²) < 4.78 is 5.42. The Morgan fingerprint density at radius 1 is 1.44 bits per heavy atom. The molecule has 0 spiro atoms. The molecule has 0 unspecified atom stereocenters. The van der Waals surface area contributed by atoms with Gasteiger partial charge in [0.25, 0.3) is 0 Å². The van der Waals surface area contributed by atoms with Gasteiger partial charge in [-0.25, -0.2) is 0 Å². The molecule has 94 valence electrons. The van der Waals surface area contributed by atoms with E-state index in [1.165, 1.54) is 0 Å². The predicted octanol–water partition coefficient (Wildman–Crippen LogP) is 0.177. The Hall–Kier alpha value is -0.420. The third kappa shape index (κ3) is 2.83. The second kappa shape index (κ2) is 6.35. The van der Waals surface area contributed by atoms with Crippen molar-refractivity contribution >= 4 is 0 Å². The van der Waals surface area contributed by atoms with Gasteiger partial charge in [-0.2, -0.15) is 0 Å². The van der Waals surface area contributed by atoms with Crippen LogP contribution in [0.2, 0.25) is 0 Å². The van der Waals surface area contributed by atoms with Crippen LogP contribution in [-0.4, -0.2) is 47.9 Å². The molecular weight excluding hydrogens is 208 g/mol. The molecule has 1 aliphatic heterocycles. The molecule has 0 aliphatic carbocycles. The molecule has 1 aliphatic rings. The summed E-state index contributed by atoms with van der Waals surface area (Å²) in [6.45, 7) is 6.34. The molecule has 0 radical (unpaired) electrons. The fourth-order valence-corrected chi connectivity index (χ4v) is 2.54. The molecule has 1 saturated heterocycles. The second-order valence-electron chi connectivity index (χ2n) is 4.51. The molecule has 0 aromatic heterocycles. The monoisotopic (exact) mass is 230 g/mol. The standard InChI is InChI=1S/C12H22O4/c1-8(5-13)11(6-14)9(2)10-3-4-16-12(10)7-15/h9-15H,1,3-7H2,2H3/t9-,10+,11+,12+/m1/s1. The van der Waals surface area contributed by atoms with Crippen LogP contribution in [0.1, 0.15) is 13.3 Å². The second-order valence-corrected chi connectivity index (χ2v) is 4.51. The minimum Gasteiger partial charge on any atom is -0.396 e. The van der Waals surface area contributed by atoms with Crippen LogP contribution in [0.15, 0.2) is 12.2 Å². The van der Waals surface area contributed by atoms with Crippen LogP contribution in [0.5, 0.6) is 0 Å². The molecule has 4 nitrogen and oxygen atoms in total.